The first-order valence-electron chi connectivity index (χ1n) is 8.71. The molecule has 4 rings (SSSR count). The van der Waals surface area contributed by atoms with Gasteiger partial charge in [-0.1, -0.05) is 0 Å². The Labute approximate surface area is 159 Å². The van der Waals surface area contributed by atoms with E-state index in [1.165, 1.54) is 48.5 Å². The van der Waals surface area contributed by atoms with Crippen LogP contribution in [0.4, 0.5) is 4.39 Å². The third-order valence-corrected chi connectivity index (χ3v) is 4.66. The Morgan fingerprint density at radius 2 is 1.25 bits per heavy atom. The van der Waals surface area contributed by atoms with Crippen LogP contribution in [0.2, 0.25) is 0 Å². The van der Waals surface area contributed by atoms with Crippen LogP contribution in [0.5, 0.6) is 5.75 Å². The number of carbonyl (C=O) groups is 2. The Kier molecular flexibility index (Phi) is 4.97. The van der Waals surface area contributed by atoms with Crippen LogP contribution >= 0.6 is 0 Å². The minimum atomic E-state index is -0.653. The van der Waals surface area contributed by atoms with Gasteiger partial charge in [0, 0.05) is 0 Å². The maximum Gasteiger partial charge on any atom is 0.338 e. The largest absolute Gasteiger partial charge is 0.508 e. The molecule has 0 spiro atoms. The normalized spacial score (nSPS) is 25.9. The van der Waals surface area contributed by atoms with E-state index in [1.54, 1.807) is 0 Å². The molecule has 0 amide bonds. The summed E-state index contributed by atoms with van der Waals surface area (Å²) in [5.74, 6) is -1.57. The molecule has 0 bridgehead atoms. The molecule has 2 saturated heterocycles. The zero-order valence-electron chi connectivity index (χ0n) is 14.6. The number of hydrogen-bond acceptors (Lipinski definition) is 7. The SMILES string of the molecule is O=C(OC1COC2C(OC(=O)c3ccc(F)cc3)COC12)c1ccc(O)cc1. The zero-order valence-corrected chi connectivity index (χ0v) is 14.6. The Morgan fingerprint density at radius 3 is 1.71 bits per heavy atom. The number of esters is 2. The summed E-state index contributed by atoms with van der Waals surface area (Å²) in [6.45, 7) is 0.222. The second kappa shape index (κ2) is 7.57. The second-order valence-corrected chi connectivity index (χ2v) is 6.54. The van der Waals surface area contributed by atoms with Crippen LogP contribution in [0.3, 0.4) is 0 Å². The molecule has 4 atom stereocenters. The Bertz CT molecular complexity index is 792. The first-order chi connectivity index (χ1) is 13.5. The standard InChI is InChI=1S/C20H17FO7/c21-13-5-1-11(2-6-13)19(23)27-15-9-25-18-16(10-26-17(15)18)28-20(24)12-3-7-14(22)8-4-12/h1-8,15-18,22H,9-10H2. The average molecular weight is 388 g/mol. The number of phenolic OH excluding ortho intramolecular Hbond substituents is 1. The Hall–Kier alpha value is -2.97. The van der Waals surface area contributed by atoms with Crippen molar-refractivity contribution in [1.82, 2.24) is 0 Å². The predicted octanol–water partition coefficient (Wildman–Crippen LogP) is 2.08. The molecule has 1 N–H and O–H groups in total. The number of aromatic hydroxyl groups is 1. The summed E-state index contributed by atoms with van der Waals surface area (Å²) in [5.41, 5.74) is 0.511. The van der Waals surface area contributed by atoms with Crippen LogP contribution in [0.25, 0.3) is 0 Å². The molecule has 0 aliphatic carbocycles. The molecule has 0 radical (unpaired) electrons. The monoisotopic (exact) mass is 388 g/mol. The van der Waals surface area contributed by atoms with Gasteiger partial charge in [-0.05, 0) is 48.5 Å². The molecular formula is C20H17FO7. The van der Waals surface area contributed by atoms with Crippen molar-refractivity contribution in [3.8, 4) is 5.75 Å². The molecule has 2 heterocycles. The molecule has 2 aliphatic rings. The van der Waals surface area contributed by atoms with Gasteiger partial charge in [0.1, 0.15) is 23.8 Å². The fourth-order valence-corrected chi connectivity index (χ4v) is 3.23. The first kappa shape index (κ1) is 18.4. The highest BCUT2D eigenvalue weighted by molar-refractivity contribution is 5.90. The molecule has 28 heavy (non-hydrogen) atoms. The highest BCUT2D eigenvalue weighted by Crippen LogP contribution is 2.31. The van der Waals surface area contributed by atoms with Crippen molar-refractivity contribution in [2.75, 3.05) is 13.2 Å². The number of carbonyl (C=O) groups excluding carboxylic acids is 2. The smallest absolute Gasteiger partial charge is 0.338 e. The van der Waals surface area contributed by atoms with Gasteiger partial charge in [-0.15, -0.1) is 0 Å². The number of phenols is 1. The maximum atomic E-state index is 13.0. The summed E-state index contributed by atoms with van der Waals surface area (Å²) >= 11 is 0. The molecular weight excluding hydrogens is 371 g/mol. The van der Waals surface area contributed by atoms with E-state index in [0.29, 0.717) is 5.56 Å². The molecule has 0 saturated carbocycles. The fourth-order valence-electron chi connectivity index (χ4n) is 3.23. The zero-order chi connectivity index (χ0) is 19.7. The van der Waals surface area contributed by atoms with Gasteiger partial charge in [-0.25, -0.2) is 14.0 Å². The summed E-state index contributed by atoms with van der Waals surface area (Å²) in [6, 6.07) is 10.7. The topological polar surface area (TPSA) is 91.3 Å². The molecule has 2 fully saturated rings. The van der Waals surface area contributed by atoms with Gasteiger partial charge in [-0.2, -0.15) is 0 Å². The van der Waals surface area contributed by atoms with Crippen LogP contribution in [0.1, 0.15) is 20.7 Å². The summed E-state index contributed by atoms with van der Waals surface area (Å²) < 4.78 is 35.1. The predicted molar refractivity (Wildman–Crippen MR) is 92.4 cm³/mol. The van der Waals surface area contributed by atoms with E-state index >= 15 is 0 Å². The van der Waals surface area contributed by atoms with Crippen LogP contribution in [0.15, 0.2) is 48.5 Å². The van der Waals surface area contributed by atoms with Gasteiger partial charge < -0.3 is 24.1 Å². The van der Waals surface area contributed by atoms with Crippen molar-refractivity contribution in [3.63, 3.8) is 0 Å². The minimum Gasteiger partial charge on any atom is -0.508 e. The van der Waals surface area contributed by atoms with Crippen molar-refractivity contribution >= 4 is 11.9 Å². The van der Waals surface area contributed by atoms with Gasteiger partial charge in [0.2, 0.25) is 0 Å². The molecule has 7 nitrogen and oxygen atoms in total. The molecule has 8 heteroatoms. The highest BCUT2D eigenvalue weighted by Gasteiger charge is 2.51. The van der Waals surface area contributed by atoms with Gasteiger partial charge in [0.25, 0.3) is 0 Å². The lowest BCUT2D eigenvalue weighted by Gasteiger charge is -2.17. The third-order valence-electron chi connectivity index (χ3n) is 4.66. The number of ether oxygens (including phenoxy) is 4. The fraction of sp³-hybridized carbons (Fsp3) is 0.300. The van der Waals surface area contributed by atoms with E-state index < -0.39 is 42.2 Å². The molecule has 2 aliphatic heterocycles. The van der Waals surface area contributed by atoms with Crippen LogP contribution in [-0.2, 0) is 18.9 Å². The van der Waals surface area contributed by atoms with Crippen LogP contribution in [-0.4, -0.2) is 54.7 Å². The lowest BCUT2D eigenvalue weighted by atomic mass is 10.1. The summed E-state index contributed by atoms with van der Waals surface area (Å²) in [6.07, 6.45) is -2.39. The Morgan fingerprint density at radius 1 is 0.821 bits per heavy atom. The maximum absolute atomic E-state index is 13.0. The molecule has 0 aromatic heterocycles. The van der Waals surface area contributed by atoms with E-state index in [4.69, 9.17) is 18.9 Å². The van der Waals surface area contributed by atoms with E-state index in [1.807, 2.05) is 0 Å². The lowest BCUT2D eigenvalue weighted by Crippen LogP contribution is -2.36. The lowest BCUT2D eigenvalue weighted by molar-refractivity contribution is -0.0287. The van der Waals surface area contributed by atoms with E-state index in [2.05, 4.69) is 0 Å². The van der Waals surface area contributed by atoms with Gasteiger partial charge >= 0.3 is 11.9 Å². The molecule has 2 aromatic carbocycles. The number of hydrogen-bond donors (Lipinski definition) is 1. The Balaban J connectivity index is 1.36. The third kappa shape index (κ3) is 3.69. The van der Waals surface area contributed by atoms with Gasteiger partial charge in [-0.3, -0.25) is 0 Å². The summed E-state index contributed by atoms with van der Waals surface area (Å²) in [5, 5.41) is 9.29. The van der Waals surface area contributed by atoms with Gasteiger partial charge in [0.15, 0.2) is 12.2 Å². The van der Waals surface area contributed by atoms with Crippen LogP contribution < -0.4 is 0 Å². The number of benzene rings is 2. The quantitative estimate of drug-likeness (QED) is 0.802. The molecule has 146 valence electrons. The number of rotatable bonds is 4. The second-order valence-electron chi connectivity index (χ2n) is 6.54. The van der Waals surface area contributed by atoms with Crippen molar-refractivity contribution in [3.05, 3.63) is 65.5 Å². The van der Waals surface area contributed by atoms with Crippen molar-refractivity contribution in [2.45, 2.75) is 24.4 Å². The molecule has 4 unspecified atom stereocenters. The van der Waals surface area contributed by atoms with E-state index in [0.717, 1.165) is 0 Å². The van der Waals surface area contributed by atoms with Crippen molar-refractivity contribution in [2.24, 2.45) is 0 Å². The average Bonchev–Trinajstić information content (AvgIpc) is 3.26. The summed E-state index contributed by atoms with van der Waals surface area (Å²) in [4.78, 5) is 24.5. The van der Waals surface area contributed by atoms with E-state index in [9.17, 15) is 19.1 Å². The summed E-state index contributed by atoms with van der Waals surface area (Å²) in [7, 11) is 0. The highest BCUT2D eigenvalue weighted by atomic mass is 19.1. The minimum absolute atomic E-state index is 0.0470. The van der Waals surface area contributed by atoms with Crippen LogP contribution in [0, 0.1) is 5.82 Å². The molecule has 2 aromatic rings. The first-order valence-corrected chi connectivity index (χ1v) is 8.71. The number of fused-ring (bicyclic) bond motifs is 1. The van der Waals surface area contributed by atoms with Gasteiger partial charge in [0.05, 0.1) is 24.3 Å². The van der Waals surface area contributed by atoms with Crippen molar-refractivity contribution < 1.29 is 38.0 Å². The van der Waals surface area contributed by atoms with Crippen molar-refractivity contribution in [1.29, 1.82) is 0 Å². The number of halogens is 1. The van der Waals surface area contributed by atoms with E-state index in [-0.39, 0.29) is 24.5 Å².